The van der Waals surface area contributed by atoms with E-state index in [1.165, 1.54) is 18.1 Å². The first kappa shape index (κ1) is 62.5. The number of amides is 2. The lowest BCUT2D eigenvalue weighted by molar-refractivity contribution is -0.116. The van der Waals surface area contributed by atoms with Gasteiger partial charge in [-0.1, -0.05) is 72.8 Å². The number of nitrogen functional groups attached to an aromatic ring is 2. The Labute approximate surface area is 510 Å². The Kier molecular flexibility index (Phi) is 21.5. The zero-order chi connectivity index (χ0) is 61.4. The van der Waals surface area contributed by atoms with Crippen LogP contribution in [0.3, 0.4) is 0 Å². The van der Waals surface area contributed by atoms with Gasteiger partial charge in [0.05, 0.1) is 79.8 Å². The number of nitrogens with two attached hydrogens (primary N) is 4. The number of hydrogen-bond acceptors (Lipinski definition) is 15. The molecule has 18 nitrogen and oxygen atoms in total. The Bertz CT molecular complexity index is 3950. The van der Waals surface area contributed by atoms with Crippen molar-refractivity contribution >= 4 is 84.2 Å². The Morgan fingerprint density at radius 2 is 0.805 bits per heavy atom. The van der Waals surface area contributed by atoms with Crippen LogP contribution < -0.4 is 22.9 Å². The van der Waals surface area contributed by atoms with E-state index >= 15 is 0 Å². The number of pyridine rings is 3. The maximum absolute atomic E-state index is 11.7. The molecule has 2 amide bonds. The molecule has 0 saturated carbocycles. The number of ether oxygens (including phenoxy) is 3. The summed E-state index contributed by atoms with van der Waals surface area (Å²) >= 11 is 4.64. The predicted molar refractivity (Wildman–Crippen MR) is 343 cm³/mol. The summed E-state index contributed by atoms with van der Waals surface area (Å²) in [4.78, 5) is 68.9. The standard InChI is InChI=1S/C24H25N3O3.C21H22N4O2.C21H20N4O.C2H3ClO/c1-16(28)12-17-2-4-18(5-3-17)22-14-20(15-27-8-10-30-11-9-27)21-7-6-19(24(25)29)13-23(21)26-22;22-17-4-1-14(2-5-17)19-12-16(13-25-7-9-27-10-8-25)18-6-3-15(21(23)26)11-20(18)24-19;1-23-18-6-7-19-16(14-25-8-10-26-11-9-25)12-20(24-21(19)13-18)15-2-4-17(22)5-3-15;1-2(3)4/h2-7,13-14H,8-12,15H2,1H3,(H2,25,29);1-6,11-12H,7-10,13,22H2,(H2,23,26);2-7,12-13H,8-11,14,22H2;1H3. The van der Waals surface area contributed by atoms with Crippen LogP contribution in [0, 0.1) is 6.57 Å². The molecule has 12 rings (SSSR count). The van der Waals surface area contributed by atoms with Crippen LogP contribution in [0.25, 0.3) is 71.3 Å². The second kappa shape index (κ2) is 29.9. The van der Waals surface area contributed by atoms with E-state index < -0.39 is 11.8 Å². The number of carbonyl (C=O) groups excluding carboxylic acids is 4. The molecule has 6 heterocycles. The van der Waals surface area contributed by atoms with Gasteiger partial charge in [0.25, 0.3) is 0 Å². The monoisotopic (exact) mass is 1190 g/mol. The number of halogens is 1. The highest BCUT2D eigenvalue weighted by molar-refractivity contribution is 6.62. The summed E-state index contributed by atoms with van der Waals surface area (Å²) in [6, 6.07) is 46.3. The Morgan fingerprint density at radius 1 is 0.483 bits per heavy atom. The molecule has 19 heteroatoms. The van der Waals surface area contributed by atoms with Gasteiger partial charge in [0.1, 0.15) is 5.78 Å². The Morgan fingerprint density at radius 3 is 1.13 bits per heavy atom. The summed E-state index contributed by atoms with van der Waals surface area (Å²) in [7, 11) is 0. The van der Waals surface area contributed by atoms with Crippen molar-refractivity contribution in [2.75, 3.05) is 90.4 Å². The van der Waals surface area contributed by atoms with E-state index in [0.717, 1.165) is 182 Å². The second-order valence-electron chi connectivity index (χ2n) is 21.5. The van der Waals surface area contributed by atoms with E-state index in [0.29, 0.717) is 28.9 Å². The fourth-order valence-corrected chi connectivity index (χ4v) is 10.5. The van der Waals surface area contributed by atoms with Crippen LogP contribution in [0.5, 0.6) is 0 Å². The van der Waals surface area contributed by atoms with E-state index in [4.69, 9.17) is 58.7 Å². The van der Waals surface area contributed by atoms with Crippen molar-refractivity contribution in [2.24, 2.45) is 11.5 Å². The van der Waals surface area contributed by atoms with Gasteiger partial charge in [-0.3, -0.25) is 33.9 Å². The highest BCUT2D eigenvalue weighted by atomic mass is 35.5. The van der Waals surface area contributed by atoms with Crippen molar-refractivity contribution in [3.63, 3.8) is 0 Å². The van der Waals surface area contributed by atoms with Crippen LogP contribution in [0.15, 0.2) is 146 Å². The molecular weight excluding hydrogens is 1120 g/mol. The van der Waals surface area contributed by atoms with Crippen LogP contribution in [0.1, 0.15) is 56.8 Å². The zero-order valence-corrected chi connectivity index (χ0v) is 49.6. The van der Waals surface area contributed by atoms with Gasteiger partial charge >= 0.3 is 0 Å². The van der Waals surface area contributed by atoms with E-state index in [9.17, 15) is 19.2 Å². The molecule has 0 aliphatic carbocycles. The maximum Gasteiger partial charge on any atom is 0.248 e. The molecule has 0 spiro atoms. The number of nitrogens with zero attached hydrogens (tertiary/aromatic N) is 7. The van der Waals surface area contributed by atoms with Gasteiger partial charge < -0.3 is 37.1 Å². The number of benzene rings is 6. The third-order valence-corrected chi connectivity index (χ3v) is 15.0. The maximum atomic E-state index is 11.7. The number of anilines is 2. The summed E-state index contributed by atoms with van der Waals surface area (Å²) in [6.45, 7) is 22.6. The average molecular weight is 1190 g/mol. The van der Waals surface area contributed by atoms with Crippen LogP contribution in [-0.4, -0.2) is 131 Å². The van der Waals surface area contributed by atoms with Crippen molar-refractivity contribution in [2.45, 2.75) is 39.9 Å². The minimum absolute atomic E-state index is 0.137. The third kappa shape index (κ3) is 17.3. The molecule has 446 valence electrons. The van der Waals surface area contributed by atoms with Crippen LogP contribution in [-0.2, 0) is 49.9 Å². The van der Waals surface area contributed by atoms with Crippen molar-refractivity contribution in [3.8, 4) is 33.8 Å². The zero-order valence-electron chi connectivity index (χ0n) is 48.8. The number of primary amides is 2. The smallest absolute Gasteiger partial charge is 0.248 e. The molecule has 3 fully saturated rings. The van der Waals surface area contributed by atoms with Gasteiger partial charge in [-0.15, -0.1) is 0 Å². The number of aromatic nitrogens is 3. The molecule has 6 aromatic carbocycles. The number of rotatable bonds is 13. The molecule has 0 radical (unpaired) electrons. The molecule has 87 heavy (non-hydrogen) atoms. The SMILES string of the molecule is CC(=O)Cc1ccc(-c2cc(CN3CCOCC3)c3ccc(C(N)=O)cc3n2)cc1.CC(=O)Cl.NC(=O)c1ccc2c(CN3CCOCC3)cc(-c3ccc(N)cc3)nc2c1.[C-]#[N+]c1ccc2c(CN3CCOCC3)cc(-c3ccc(N)cc3)nc2c1. The first-order chi connectivity index (χ1) is 42.0. The first-order valence-electron chi connectivity index (χ1n) is 28.7. The molecular formula is C68H70ClN11O7. The second-order valence-corrected chi connectivity index (χ2v) is 22.0. The predicted octanol–water partition coefficient (Wildman–Crippen LogP) is 10.0. The molecule has 0 bridgehead atoms. The normalized spacial score (nSPS) is 14.6. The lowest BCUT2D eigenvalue weighted by Gasteiger charge is -2.27. The third-order valence-electron chi connectivity index (χ3n) is 15.0. The molecule has 0 unspecified atom stereocenters. The Balaban J connectivity index is 0.000000151. The number of fused-ring (bicyclic) bond motifs is 3. The number of morpholine rings is 3. The summed E-state index contributed by atoms with van der Waals surface area (Å²) in [6.07, 6.45) is 0.426. The fraction of sp³-hybridized carbons (Fsp3) is 0.265. The van der Waals surface area contributed by atoms with Crippen molar-refractivity contribution in [3.05, 3.63) is 190 Å². The van der Waals surface area contributed by atoms with Crippen molar-refractivity contribution in [1.82, 2.24) is 29.7 Å². The van der Waals surface area contributed by atoms with Crippen LogP contribution in [0.4, 0.5) is 17.1 Å². The lowest BCUT2D eigenvalue weighted by atomic mass is 10.0. The van der Waals surface area contributed by atoms with Gasteiger partial charge in [0.2, 0.25) is 17.1 Å². The summed E-state index contributed by atoms with van der Waals surface area (Å²) < 4.78 is 16.4. The van der Waals surface area contributed by atoms with E-state index in [1.807, 2.05) is 103 Å². The van der Waals surface area contributed by atoms with Crippen molar-refractivity contribution < 1.29 is 33.4 Å². The molecule has 9 aromatic rings. The molecule has 3 aromatic heterocycles. The largest absolute Gasteiger partial charge is 0.399 e. The van der Waals surface area contributed by atoms with Gasteiger partial charge in [0, 0.05) is 128 Å². The molecule has 3 aliphatic rings. The number of carbonyl (C=O) groups is 4. The molecule has 3 saturated heterocycles. The van der Waals surface area contributed by atoms with Gasteiger partial charge in [-0.2, -0.15) is 0 Å². The number of hydrogen-bond donors (Lipinski definition) is 4. The molecule has 3 aliphatic heterocycles. The van der Waals surface area contributed by atoms with E-state index in [-0.39, 0.29) is 11.0 Å². The lowest BCUT2D eigenvalue weighted by Crippen LogP contribution is -2.35. The van der Waals surface area contributed by atoms with Gasteiger partial charge in [0.15, 0.2) is 5.69 Å². The summed E-state index contributed by atoms with van der Waals surface area (Å²) in [5.74, 6) is -0.780. The summed E-state index contributed by atoms with van der Waals surface area (Å²) in [5, 5.41) is 2.79. The highest BCUT2D eigenvalue weighted by Crippen LogP contribution is 2.32. The number of Topliss-reactive ketones (excluding diaryl/α,β-unsaturated/α-hetero) is 1. The minimum Gasteiger partial charge on any atom is -0.399 e. The molecule has 8 N–H and O–H groups in total. The van der Waals surface area contributed by atoms with Crippen LogP contribution in [0.2, 0.25) is 0 Å². The fourth-order valence-electron chi connectivity index (χ4n) is 10.5. The summed E-state index contributed by atoms with van der Waals surface area (Å²) in [5.41, 5.74) is 38.0. The van der Waals surface area contributed by atoms with Gasteiger partial charge in [-0.25, -0.2) is 19.8 Å². The van der Waals surface area contributed by atoms with Gasteiger partial charge in [-0.05, 0) is 114 Å². The minimum atomic E-state index is -0.465. The van der Waals surface area contributed by atoms with E-state index in [1.54, 1.807) is 31.2 Å². The van der Waals surface area contributed by atoms with Crippen molar-refractivity contribution in [1.29, 1.82) is 0 Å². The van der Waals surface area contributed by atoms with Crippen LogP contribution >= 0.6 is 11.6 Å². The average Bonchev–Trinajstić information content (AvgIpc) is 2.06. The first-order valence-corrected chi connectivity index (χ1v) is 29.1. The molecule has 0 atom stereocenters. The highest BCUT2D eigenvalue weighted by Gasteiger charge is 2.19. The number of ketones is 1. The van der Waals surface area contributed by atoms with E-state index in [2.05, 4.69) is 49.3 Å². The quantitative estimate of drug-likeness (QED) is 0.0476. The Hall–Kier alpha value is -9.03. The topological polar surface area (TPSA) is 253 Å².